The lowest BCUT2D eigenvalue weighted by Crippen LogP contribution is -2.69. The van der Waals surface area contributed by atoms with Crippen molar-refractivity contribution in [3.05, 3.63) is 0 Å². The molecule has 15 atom stereocenters. The highest BCUT2D eigenvalue weighted by atomic mass is 32.3. The quantitative estimate of drug-likeness (QED) is 0.0244. The molecular weight excluding hydrogens is 1350 g/mol. The Morgan fingerprint density at radius 1 is 0.295 bits per heavy atom. The van der Waals surface area contributed by atoms with Crippen molar-refractivity contribution < 1.29 is 214 Å². The second kappa shape index (κ2) is 25.4. The van der Waals surface area contributed by atoms with Crippen molar-refractivity contribution in [3.63, 3.8) is 0 Å². The normalized spacial score (nSPS) is 31.9. The predicted molar refractivity (Wildman–Crippen MR) is 216 cm³/mol. The molecule has 60 heteroatoms. The van der Waals surface area contributed by atoms with Gasteiger partial charge in [0, 0.05) is 0 Å². The molecule has 0 aromatic rings. The average molecular weight is 1390 g/mol. The molecule has 0 amide bonds. The van der Waals surface area contributed by atoms with Crippen LogP contribution in [-0.4, -0.2) is 251 Å². The summed E-state index contributed by atoms with van der Waals surface area (Å²) in [6, 6.07) is 0. The molecule has 0 saturated carbocycles. The topological polar surface area (TPSA) is 749 Å². The predicted octanol–water partition coefficient (Wildman–Crippen LogP) is -9.19. The minimum Gasteiger partial charge on any atom is -0.341 e. The summed E-state index contributed by atoms with van der Waals surface area (Å²) in [7, 11) is -69.2. The van der Waals surface area contributed by atoms with Gasteiger partial charge in [0.2, 0.25) is 6.29 Å². The molecule has 0 aromatic carbocycles. The summed E-state index contributed by atoms with van der Waals surface area (Å²) in [6.45, 7) is -6.36. The maximum Gasteiger partial charge on any atom is 0.469 e. The first kappa shape index (κ1) is 70.9. The van der Waals surface area contributed by atoms with Gasteiger partial charge in [-0.3, -0.25) is 50.1 Å². The van der Waals surface area contributed by atoms with E-state index in [1.165, 1.54) is 0 Å². The highest BCUT2D eigenvalue weighted by molar-refractivity contribution is 7.83. The van der Waals surface area contributed by atoms with Crippen molar-refractivity contribution in [2.24, 2.45) is 0 Å². The van der Waals surface area contributed by atoms with Crippen LogP contribution < -0.4 is 0 Å². The van der Waals surface area contributed by atoms with Crippen molar-refractivity contribution in [3.8, 4) is 0 Å². The second-order valence-corrected chi connectivity index (χ2v) is 25.8. The second-order valence-electron chi connectivity index (χ2n) is 14.0. The van der Waals surface area contributed by atoms with Gasteiger partial charge in [-0.1, -0.05) is 0 Å². The number of rotatable bonds is 29. The number of ether oxygens (including phenoxy) is 5. The lowest BCUT2D eigenvalue weighted by Gasteiger charge is -2.49. The van der Waals surface area contributed by atoms with Gasteiger partial charge in [-0.2, -0.15) is 84.2 Å². The first-order chi connectivity index (χ1) is 34.5. The third-order valence-corrected chi connectivity index (χ3v) is 13.4. The standard InChI is InChI=1S/C18H33O49PS10/c19-68(20,21)52-1-4-8(61-72(31,32)33)12(64-75(40,41)42)15(66-77(46,47)48)17(55-4)58-10-7(60-71(28,29)30)5(2-53-69(22,23)24)56-16(14(10)65-76(43,44)45)59-13-11(63-74(37,38)39)9(62-73(34,35)36)6(3-54-70(25,26)27)57-18(13)67-78(49,50)51/h4-18H,1-3H2,(H2,19,20,21)(H,22,23,24)(H,25,26,27)(H,28,29,30)(H,31,32,33)(H,34,35,36)(H,37,38,39)(H,40,41,42)(H,43,44,45)(H,46,47,48)(H,49,50,51)/t4-,5-,6-,7-,8-,9-,10+,11+,12+,13+,14+,15+,16-,17-,18-/m1/s1. The molecule has 3 rings (SSSR count). The summed E-state index contributed by atoms with van der Waals surface area (Å²) >= 11 is 0. The fourth-order valence-corrected chi connectivity index (χ4v) is 11.1. The van der Waals surface area contributed by atoms with E-state index in [1.807, 2.05) is 0 Å². The lowest BCUT2D eigenvalue weighted by molar-refractivity contribution is -0.371. The number of hydrogen-bond acceptors (Lipinski definition) is 37. The lowest BCUT2D eigenvalue weighted by atomic mass is 9.96. The Morgan fingerprint density at radius 3 is 0.846 bits per heavy atom. The molecule has 3 fully saturated rings. The van der Waals surface area contributed by atoms with Crippen LogP contribution in [0.3, 0.4) is 0 Å². The molecule has 0 aliphatic carbocycles. The molecular formula is C18H33O49PS10. The van der Waals surface area contributed by atoms with E-state index in [2.05, 4.69) is 46.4 Å². The van der Waals surface area contributed by atoms with Crippen LogP contribution in [0.4, 0.5) is 0 Å². The first-order valence-corrected chi connectivity index (χ1v) is 33.1. The number of phosphoric ester groups is 1. The zero-order valence-electron chi connectivity index (χ0n) is 35.8. The maximum absolute atomic E-state index is 12.5. The third kappa shape index (κ3) is 26.0. The van der Waals surface area contributed by atoms with Crippen LogP contribution >= 0.6 is 7.82 Å². The Kier molecular flexibility index (Phi) is 23.1. The van der Waals surface area contributed by atoms with Gasteiger partial charge in [-0.05, 0) is 0 Å². The monoisotopic (exact) mass is 1380 g/mol. The summed E-state index contributed by atoms with van der Waals surface area (Å²) in [5, 5.41) is 0. The van der Waals surface area contributed by atoms with Crippen molar-refractivity contribution >= 4 is 112 Å². The van der Waals surface area contributed by atoms with Gasteiger partial charge >= 0.3 is 112 Å². The van der Waals surface area contributed by atoms with Crippen molar-refractivity contribution in [1.82, 2.24) is 0 Å². The first-order valence-electron chi connectivity index (χ1n) is 17.9. The van der Waals surface area contributed by atoms with Crippen LogP contribution in [-0.2, 0) is 179 Å². The van der Waals surface area contributed by atoms with E-state index in [1.54, 1.807) is 0 Å². The highest BCUT2D eigenvalue weighted by Gasteiger charge is 2.61. The van der Waals surface area contributed by atoms with E-state index in [4.69, 9.17) is 28.2 Å². The summed E-state index contributed by atoms with van der Waals surface area (Å²) in [5.41, 5.74) is 0. The summed E-state index contributed by atoms with van der Waals surface area (Å²) < 4.78 is 419. The molecule has 0 bridgehead atoms. The summed E-state index contributed by atoms with van der Waals surface area (Å²) in [6.07, 6.45) is -52.8. The van der Waals surface area contributed by atoms with Crippen LogP contribution in [0.1, 0.15) is 0 Å². The molecule has 0 unspecified atom stereocenters. The van der Waals surface area contributed by atoms with Gasteiger partial charge in [0.05, 0.1) is 19.8 Å². The third-order valence-electron chi connectivity index (χ3n) is 8.37. The molecule has 0 radical (unpaired) electrons. The van der Waals surface area contributed by atoms with Crippen LogP contribution in [0.15, 0.2) is 0 Å². The van der Waals surface area contributed by atoms with Gasteiger partial charge in [-0.15, -0.1) is 0 Å². The molecule has 0 aromatic heterocycles. The zero-order chi connectivity index (χ0) is 60.6. The Hall–Kier alpha value is -1.39. The van der Waals surface area contributed by atoms with Crippen LogP contribution in [0.2, 0.25) is 0 Å². The average Bonchev–Trinajstić information content (AvgIpc) is 3.14. The fraction of sp³-hybridized carbons (Fsp3) is 1.00. The smallest absolute Gasteiger partial charge is 0.341 e. The molecule has 0 spiro atoms. The SMILES string of the molecule is O=P(O)(O)OC[C@H]1O[C@H](O[C@@H]2[C@H](OS(=O)(=O)O)[C@@H](O[C@@H]3[C@@H](OS(=O)(=O)O)O[C@H](COS(=O)(=O)O)[C@@H](OS(=O)(=O)O)[C@@H]3OS(=O)(=O)O)O[C@H](COS(=O)(=O)O)[C@H]2OS(=O)(=O)O)[C@@H](OS(=O)(=O)O)[C@@H](OS(=O)(=O)O)[C@@H]1OS(=O)(=O)O. The van der Waals surface area contributed by atoms with Gasteiger partial charge in [-0.25, -0.2) is 46.4 Å². The summed E-state index contributed by atoms with van der Waals surface area (Å²) in [5.74, 6) is 0. The van der Waals surface area contributed by atoms with Crippen LogP contribution in [0.25, 0.3) is 0 Å². The highest BCUT2D eigenvalue weighted by Crippen LogP contribution is 2.42. The Labute approximate surface area is 435 Å². The molecule has 3 aliphatic rings. The molecule has 12 N–H and O–H groups in total. The van der Waals surface area contributed by atoms with E-state index in [0.717, 1.165) is 0 Å². The van der Waals surface area contributed by atoms with Gasteiger partial charge in [0.1, 0.15) is 61.0 Å². The van der Waals surface area contributed by atoms with Crippen molar-refractivity contribution in [2.45, 2.75) is 92.1 Å². The van der Waals surface area contributed by atoms with E-state index in [-0.39, 0.29) is 0 Å². The molecule has 464 valence electrons. The minimum atomic E-state index is -6.62. The van der Waals surface area contributed by atoms with Crippen LogP contribution in [0.5, 0.6) is 0 Å². The van der Waals surface area contributed by atoms with Gasteiger partial charge < -0.3 is 33.5 Å². The van der Waals surface area contributed by atoms with Crippen LogP contribution in [0, 0.1) is 0 Å². The number of phosphoric acid groups is 1. The maximum atomic E-state index is 12.5. The molecule has 3 saturated heterocycles. The Balaban J connectivity index is 2.60. The van der Waals surface area contributed by atoms with Gasteiger partial charge in [0.25, 0.3) is 0 Å². The van der Waals surface area contributed by atoms with Crippen molar-refractivity contribution in [1.29, 1.82) is 0 Å². The van der Waals surface area contributed by atoms with Gasteiger partial charge in [0.15, 0.2) is 24.8 Å². The fourth-order valence-electron chi connectivity index (χ4n) is 6.30. The molecule has 78 heavy (non-hydrogen) atoms. The Morgan fingerprint density at radius 2 is 0.538 bits per heavy atom. The zero-order valence-corrected chi connectivity index (χ0v) is 44.8. The van der Waals surface area contributed by atoms with E-state index in [0.29, 0.717) is 0 Å². The minimum absolute atomic E-state index is 2.05. The molecule has 3 heterocycles. The molecule has 3 aliphatic heterocycles. The number of hydrogen-bond donors (Lipinski definition) is 12. The molecule has 49 nitrogen and oxygen atoms in total. The van der Waals surface area contributed by atoms with Crippen molar-refractivity contribution in [2.75, 3.05) is 19.8 Å². The van der Waals surface area contributed by atoms with E-state index in [9.17, 15) is 140 Å². The largest absolute Gasteiger partial charge is 0.469 e. The van der Waals surface area contributed by atoms with E-state index < -0.39 is 224 Å². The van der Waals surface area contributed by atoms with E-state index >= 15 is 0 Å². The Bertz CT molecular complexity index is 3330. The summed E-state index contributed by atoms with van der Waals surface area (Å²) in [4.78, 5) is 18.7.